The van der Waals surface area contributed by atoms with Crippen LogP contribution in [-0.4, -0.2) is 23.2 Å². The third-order valence-corrected chi connectivity index (χ3v) is 4.45. The van der Waals surface area contributed by atoms with Crippen LogP contribution in [0, 0.1) is 18.8 Å². The minimum absolute atomic E-state index is 0.0129. The van der Waals surface area contributed by atoms with Gasteiger partial charge in [-0.3, -0.25) is 9.59 Å². The number of amides is 1. The topological polar surface area (TPSA) is 60.3 Å². The van der Waals surface area contributed by atoms with Crippen molar-refractivity contribution in [1.29, 1.82) is 0 Å². The van der Waals surface area contributed by atoms with E-state index in [-0.39, 0.29) is 30.0 Å². The largest absolute Gasteiger partial charge is 0.377 e. The lowest BCUT2D eigenvalue weighted by Crippen LogP contribution is -2.44. The van der Waals surface area contributed by atoms with Gasteiger partial charge in [-0.1, -0.05) is 19.9 Å². The molecule has 1 aromatic heterocycles. The van der Waals surface area contributed by atoms with Crippen molar-refractivity contribution >= 4 is 5.91 Å². The van der Waals surface area contributed by atoms with E-state index in [2.05, 4.69) is 19.2 Å². The van der Waals surface area contributed by atoms with Gasteiger partial charge in [-0.15, -0.1) is 0 Å². The van der Waals surface area contributed by atoms with Crippen molar-refractivity contribution in [2.75, 3.05) is 6.61 Å². The second-order valence-electron chi connectivity index (χ2n) is 6.41. The van der Waals surface area contributed by atoms with Crippen molar-refractivity contribution in [3.63, 3.8) is 0 Å². The monoisotopic (exact) mass is 306 g/mol. The summed E-state index contributed by atoms with van der Waals surface area (Å²) in [6, 6.07) is 3.68. The van der Waals surface area contributed by atoms with Crippen LogP contribution in [0.15, 0.2) is 16.9 Å². The van der Waals surface area contributed by atoms with Gasteiger partial charge in [0, 0.05) is 31.5 Å². The molecule has 0 aliphatic carbocycles. The van der Waals surface area contributed by atoms with Crippen LogP contribution in [-0.2, 0) is 23.1 Å². The molecule has 1 aliphatic heterocycles. The van der Waals surface area contributed by atoms with Gasteiger partial charge in [-0.2, -0.15) is 0 Å². The third-order valence-electron chi connectivity index (χ3n) is 4.45. The lowest BCUT2D eigenvalue weighted by Gasteiger charge is -2.33. The summed E-state index contributed by atoms with van der Waals surface area (Å²) < 4.78 is 7.36. The van der Waals surface area contributed by atoms with Crippen molar-refractivity contribution in [2.24, 2.45) is 18.9 Å². The number of carbonyl (C=O) groups is 1. The van der Waals surface area contributed by atoms with E-state index in [1.54, 1.807) is 17.7 Å². The second kappa shape index (κ2) is 7.09. The van der Waals surface area contributed by atoms with E-state index < -0.39 is 0 Å². The van der Waals surface area contributed by atoms with E-state index in [1.165, 1.54) is 0 Å². The summed E-state index contributed by atoms with van der Waals surface area (Å²) >= 11 is 0. The Kier molecular flexibility index (Phi) is 5.40. The molecular formula is C17H26N2O3. The van der Waals surface area contributed by atoms with Crippen molar-refractivity contribution in [3.05, 3.63) is 33.7 Å². The molecule has 0 saturated carbocycles. The predicted octanol–water partition coefficient (Wildman–Crippen LogP) is 1.76. The number of rotatable bonds is 4. The summed E-state index contributed by atoms with van der Waals surface area (Å²) in [5.74, 6) is 0.173. The molecule has 2 atom stereocenters. The van der Waals surface area contributed by atoms with Crippen molar-refractivity contribution < 1.29 is 9.53 Å². The summed E-state index contributed by atoms with van der Waals surface area (Å²) in [4.78, 5) is 24.6. The number of aryl methyl sites for hydroxylation is 1. The van der Waals surface area contributed by atoms with Crippen LogP contribution in [0.2, 0.25) is 0 Å². The minimum atomic E-state index is -0.122. The van der Waals surface area contributed by atoms with E-state index in [0.717, 1.165) is 25.1 Å². The predicted molar refractivity (Wildman–Crippen MR) is 85.6 cm³/mol. The molecule has 1 N–H and O–H groups in total. The summed E-state index contributed by atoms with van der Waals surface area (Å²) in [6.07, 6.45) is 1.73. The molecule has 5 heteroatoms. The number of aromatic nitrogens is 1. The van der Waals surface area contributed by atoms with Crippen molar-refractivity contribution in [3.8, 4) is 0 Å². The fourth-order valence-electron chi connectivity index (χ4n) is 2.97. The number of nitrogens with one attached hydrogen (secondary N) is 1. The molecule has 0 radical (unpaired) electrons. The van der Waals surface area contributed by atoms with Crippen LogP contribution >= 0.6 is 0 Å². The van der Waals surface area contributed by atoms with Gasteiger partial charge in [0.1, 0.15) is 0 Å². The Balaban J connectivity index is 2.03. The molecule has 5 nitrogen and oxygen atoms in total. The third kappa shape index (κ3) is 3.58. The van der Waals surface area contributed by atoms with E-state index >= 15 is 0 Å². The summed E-state index contributed by atoms with van der Waals surface area (Å²) in [5.41, 5.74) is 1.46. The highest BCUT2D eigenvalue weighted by Gasteiger charge is 2.33. The Bertz CT molecular complexity index is 592. The first-order chi connectivity index (χ1) is 10.4. The molecule has 22 heavy (non-hydrogen) atoms. The summed E-state index contributed by atoms with van der Waals surface area (Å²) in [5, 5.41) is 2.91. The molecule has 1 amide bonds. The maximum Gasteiger partial charge on any atom is 0.255 e. The van der Waals surface area contributed by atoms with Gasteiger partial charge in [-0.05, 0) is 31.7 Å². The first-order valence-electron chi connectivity index (χ1n) is 7.96. The zero-order chi connectivity index (χ0) is 16.3. The Hall–Kier alpha value is -1.62. The lowest BCUT2D eigenvalue weighted by molar-refractivity contribution is -0.137. The second-order valence-corrected chi connectivity index (χ2v) is 6.41. The fraction of sp³-hybridized carbons (Fsp3) is 0.647. The number of carbonyl (C=O) groups excluding carboxylic acids is 1. The number of hydrogen-bond acceptors (Lipinski definition) is 3. The SMILES string of the molecule is Cc1ccc(CNC(=O)C2CCCOC2C(C)C)c(=O)n1C. The molecule has 1 aromatic rings. The summed E-state index contributed by atoms with van der Waals surface area (Å²) in [7, 11) is 1.74. The quantitative estimate of drug-likeness (QED) is 0.922. The molecule has 0 spiro atoms. The zero-order valence-electron chi connectivity index (χ0n) is 13.9. The standard InChI is InChI=1S/C17H26N2O3/c1-11(2)15-14(6-5-9-22-15)16(20)18-10-13-8-7-12(3)19(4)17(13)21/h7-8,11,14-15H,5-6,9-10H2,1-4H3,(H,18,20). The maximum absolute atomic E-state index is 12.4. The van der Waals surface area contributed by atoms with Crippen LogP contribution in [0.4, 0.5) is 0 Å². The van der Waals surface area contributed by atoms with Gasteiger partial charge in [0.15, 0.2) is 0 Å². The Morgan fingerprint density at radius 3 is 2.86 bits per heavy atom. The molecule has 0 bridgehead atoms. The highest BCUT2D eigenvalue weighted by atomic mass is 16.5. The average molecular weight is 306 g/mol. The molecule has 0 aromatic carbocycles. The van der Waals surface area contributed by atoms with Crippen molar-refractivity contribution in [1.82, 2.24) is 9.88 Å². The number of nitrogens with zero attached hydrogens (tertiary/aromatic N) is 1. The molecular weight excluding hydrogens is 280 g/mol. The van der Waals surface area contributed by atoms with Crippen LogP contribution < -0.4 is 10.9 Å². The van der Waals surface area contributed by atoms with Gasteiger partial charge in [0.05, 0.1) is 12.0 Å². The fourth-order valence-corrected chi connectivity index (χ4v) is 2.97. The van der Waals surface area contributed by atoms with Gasteiger partial charge < -0.3 is 14.6 Å². The molecule has 2 heterocycles. The molecule has 1 fully saturated rings. The maximum atomic E-state index is 12.4. The van der Waals surface area contributed by atoms with Crippen LogP contribution in [0.25, 0.3) is 0 Å². The van der Waals surface area contributed by atoms with E-state index in [4.69, 9.17) is 4.74 Å². The minimum Gasteiger partial charge on any atom is -0.377 e. The Morgan fingerprint density at radius 1 is 1.45 bits per heavy atom. The van der Waals surface area contributed by atoms with Crippen molar-refractivity contribution in [2.45, 2.75) is 46.3 Å². The summed E-state index contributed by atoms with van der Waals surface area (Å²) in [6.45, 7) is 7.03. The first-order valence-corrected chi connectivity index (χ1v) is 7.96. The average Bonchev–Trinajstić information content (AvgIpc) is 2.51. The van der Waals surface area contributed by atoms with E-state index in [1.807, 2.05) is 13.0 Å². The normalized spacial score (nSPS) is 21.9. The highest BCUT2D eigenvalue weighted by Crippen LogP contribution is 2.26. The molecule has 1 saturated heterocycles. The Labute approximate surface area is 131 Å². The number of ether oxygens (including phenoxy) is 1. The molecule has 2 unspecified atom stereocenters. The van der Waals surface area contributed by atoms with Crippen LogP contribution in [0.3, 0.4) is 0 Å². The molecule has 1 aliphatic rings. The van der Waals surface area contributed by atoms with E-state index in [9.17, 15) is 9.59 Å². The van der Waals surface area contributed by atoms with E-state index in [0.29, 0.717) is 11.5 Å². The highest BCUT2D eigenvalue weighted by molar-refractivity contribution is 5.79. The molecule has 2 rings (SSSR count). The zero-order valence-corrected chi connectivity index (χ0v) is 13.9. The van der Waals surface area contributed by atoms with Crippen LogP contribution in [0.5, 0.6) is 0 Å². The first kappa shape index (κ1) is 16.7. The number of hydrogen-bond donors (Lipinski definition) is 1. The van der Waals surface area contributed by atoms with Gasteiger partial charge in [-0.25, -0.2) is 0 Å². The van der Waals surface area contributed by atoms with Gasteiger partial charge in [0.25, 0.3) is 5.56 Å². The van der Waals surface area contributed by atoms with Gasteiger partial charge >= 0.3 is 0 Å². The van der Waals surface area contributed by atoms with Gasteiger partial charge in [0.2, 0.25) is 5.91 Å². The number of pyridine rings is 1. The molecule has 122 valence electrons. The smallest absolute Gasteiger partial charge is 0.255 e. The van der Waals surface area contributed by atoms with Crippen LogP contribution in [0.1, 0.15) is 37.9 Å². The Morgan fingerprint density at radius 2 is 2.18 bits per heavy atom. The lowest BCUT2D eigenvalue weighted by atomic mass is 9.87.